The Bertz CT molecular complexity index is 448. The third-order valence-electron chi connectivity index (χ3n) is 2.66. The largest absolute Gasteiger partial charge is 0.468 e. The number of carbonyl (C=O) groups excluding carboxylic acids is 2. The number of likely N-dealkylation sites (N-methyl/N-ethyl adjacent to an activating group) is 1. The summed E-state index contributed by atoms with van der Waals surface area (Å²) in [5.74, 6) is -1.22. The van der Waals surface area contributed by atoms with Crippen molar-refractivity contribution in [3.05, 3.63) is 35.6 Å². The Labute approximate surface area is 111 Å². The molecule has 0 aliphatic heterocycles. The summed E-state index contributed by atoms with van der Waals surface area (Å²) in [6.07, 6.45) is 0.282. The second-order valence-electron chi connectivity index (χ2n) is 4.21. The number of ether oxygens (including phenoxy) is 1. The van der Waals surface area contributed by atoms with Crippen LogP contribution in [0.2, 0.25) is 0 Å². The van der Waals surface area contributed by atoms with Crippen molar-refractivity contribution in [3.63, 3.8) is 0 Å². The predicted octanol–water partition coefficient (Wildman–Crippen LogP) is 0.327. The minimum Gasteiger partial charge on any atom is -0.468 e. The normalized spacial score (nSPS) is 11.8. The number of hydrogen-bond donors (Lipinski definition) is 1. The molecule has 0 aromatic heterocycles. The fourth-order valence-corrected chi connectivity index (χ4v) is 1.58. The highest BCUT2D eigenvalue weighted by molar-refractivity contribution is 5.85. The molecular formula is C13H17FN2O3. The maximum absolute atomic E-state index is 12.7. The molecule has 1 atom stereocenters. The molecule has 0 saturated heterocycles. The monoisotopic (exact) mass is 268 g/mol. The molecule has 1 aromatic carbocycles. The zero-order chi connectivity index (χ0) is 14.4. The van der Waals surface area contributed by atoms with E-state index < -0.39 is 12.0 Å². The molecule has 0 spiro atoms. The quantitative estimate of drug-likeness (QED) is 0.781. The molecule has 5 nitrogen and oxygen atoms in total. The first kappa shape index (κ1) is 15.1. The highest BCUT2D eigenvalue weighted by Gasteiger charge is 2.20. The summed E-state index contributed by atoms with van der Waals surface area (Å²) in [6, 6.07) is 4.99. The third kappa shape index (κ3) is 4.67. The molecule has 0 saturated carbocycles. The van der Waals surface area contributed by atoms with Crippen LogP contribution in [-0.4, -0.2) is 43.5 Å². The number of nitrogens with zero attached hydrogens (tertiary/aromatic N) is 1. The summed E-state index contributed by atoms with van der Waals surface area (Å²) in [7, 11) is 2.73. The molecule has 1 rings (SSSR count). The summed E-state index contributed by atoms with van der Waals surface area (Å²) in [6.45, 7) is -0.146. The van der Waals surface area contributed by atoms with Gasteiger partial charge < -0.3 is 15.4 Å². The first-order valence-electron chi connectivity index (χ1n) is 5.76. The van der Waals surface area contributed by atoms with E-state index in [1.165, 1.54) is 31.2 Å². The third-order valence-corrected chi connectivity index (χ3v) is 2.66. The molecule has 19 heavy (non-hydrogen) atoms. The predicted molar refractivity (Wildman–Crippen MR) is 67.7 cm³/mol. The summed E-state index contributed by atoms with van der Waals surface area (Å²) >= 11 is 0. The number of methoxy groups -OCH3 is 1. The van der Waals surface area contributed by atoms with E-state index in [1.54, 1.807) is 12.1 Å². The molecule has 0 bridgehead atoms. The number of carbonyl (C=O) groups is 2. The van der Waals surface area contributed by atoms with Crippen molar-refractivity contribution in [3.8, 4) is 0 Å². The highest BCUT2D eigenvalue weighted by Crippen LogP contribution is 2.06. The number of esters is 1. The van der Waals surface area contributed by atoms with Crippen molar-refractivity contribution < 1.29 is 18.7 Å². The van der Waals surface area contributed by atoms with Crippen molar-refractivity contribution in [1.29, 1.82) is 0 Å². The smallest absolute Gasteiger partial charge is 0.325 e. The minimum atomic E-state index is -0.778. The Hall–Kier alpha value is -1.95. The topological polar surface area (TPSA) is 72.6 Å². The Kier molecular flexibility index (Phi) is 5.44. The lowest BCUT2D eigenvalue weighted by atomic mass is 10.1. The van der Waals surface area contributed by atoms with Crippen LogP contribution < -0.4 is 5.73 Å². The van der Waals surface area contributed by atoms with Crippen molar-refractivity contribution in [1.82, 2.24) is 4.90 Å². The van der Waals surface area contributed by atoms with Crippen LogP contribution >= 0.6 is 0 Å². The van der Waals surface area contributed by atoms with Crippen molar-refractivity contribution in [2.24, 2.45) is 5.73 Å². The van der Waals surface area contributed by atoms with E-state index in [1.807, 2.05) is 0 Å². The van der Waals surface area contributed by atoms with Gasteiger partial charge in [-0.15, -0.1) is 0 Å². The van der Waals surface area contributed by atoms with Gasteiger partial charge in [0, 0.05) is 7.05 Å². The van der Waals surface area contributed by atoms with Gasteiger partial charge in [-0.05, 0) is 24.1 Å². The van der Waals surface area contributed by atoms with Gasteiger partial charge >= 0.3 is 5.97 Å². The number of rotatable bonds is 5. The molecule has 0 aliphatic rings. The Morgan fingerprint density at radius 3 is 2.47 bits per heavy atom. The molecule has 0 aliphatic carbocycles. The molecule has 2 N–H and O–H groups in total. The number of hydrogen-bond acceptors (Lipinski definition) is 4. The second kappa shape index (κ2) is 6.84. The van der Waals surface area contributed by atoms with Crippen LogP contribution in [0.3, 0.4) is 0 Å². The summed E-state index contributed by atoms with van der Waals surface area (Å²) < 4.78 is 17.2. The molecule has 6 heteroatoms. The van der Waals surface area contributed by atoms with E-state index in [0.717, 1.165) is 5.56 Å². The summed E-state index contributed by atoms with van der Waals surface area (Å²) in [4.78, 5) is 24.1. The lowest BCUT2D eigenvalue weighted by Crippen LogP contribution is -2.45. The average molecular weight is 268 g/mol. The van der Waals surface area contributed by atoms with Gasteiger partial charge in [0.25, 0.3) is 0 Å². The highest BCUT2D eigenvalue weighted by atomic mass is 19.1. The lowest BCUT2D eigenvalue weighted by Gasteiger charge is -2.20. The van der Waals surface area contributed by atoms with E-state index in [9.17, 15) is 14.0 Å². The van der Waals surface area contributed by atoms with Crippen molar-refractivity contribution >= 4 is 11.9 Å². The second-order valence-corrected chi connectivity index (χ2v) is 4.21. The van der Waals surface area contributed by atoms with E-state index in [4.69, 9.17) is 5.73 Å². The van der Waals surface area contributed by atoms with Crippen molar-refractivity contribution in [2.75, 3.05) is 20.7 Å². The molecule has 1 unspecified atom stereocenters. The van der Waals surface area contributed by atoms with Gasteiger partial charge in [0.2, 0.25) is 5.91 Å². The fourth-order valence-electron chi connectivity index (χ4n) is 1.58. The summed E-state index contributed by atoms with van der Waals surface area (Å²) in [5, 5.41) is 0. The lowest BCUT2D eigenvalue weighted by molar-refractivity contribution is -0.146. The average Bonchev–Trinajstić information content (AvgIpc) is 2.40. The molecule has 0 fully saturated rings. The molecule has 104 valence electrons. The zero-order valence-corrected chi connectivity index (χ0v) is 10.9. The Balaban J connectivity index is 2.57. The van der Waals surface area contributed by atoms with Crippen LogP contribution in [0, 0.1) is 5.82 Å². The van der Waals surface area contributed by atoms with Gasteiger partial charge in [-0.2, -0.15) is 0 Å². The van der Waals surface area contributed by atoms with Crippen LogP contribution in [-0.2, 0) is 20.7 Å². The molecule has 0 radical (unpaired) electrons. The molecule has 1 amide bonds. The van der Waals surface area contributed by atoms with Crippen LogP contribution in [0.4, 0.5) is 4.39 Å². The van der Waals surface area contributed by atoms with Crippen LogP contribution in [0.1, 0.15) is 5.56 Å². The minimum absolute atomic E-state index is 0.146. The van der Waals surface area contributed by atoms with Crippen LogP contribution in [0.15, 0.2) is 24.3 Å². The number of halogens is 1. The number of benzene rings is 1. The maximum Gasteiger partial charge on any atom is 0.325 e. The van der Waals surface area contributed by atoms with E-state index >= 15 is 0 Å². The van der Waals surface area contributed by atoms with Gasteiger partial charge in [0.05, 0.1) is 13.2 Å². The van der Waals surface area contributed by atoms with Gasteiger partial charge in [0.1, 0.15) is 12.4 Å². The van der Waals surface area contributed by atoms with Crippen molar-refractivity contribution in [2.45, 2.75) is 12.5 Å². The molecular weight excluding hydrogens is 251 g/mol. The standard InChI is InChI=1S/C13H17FN2O3/c1-16(8-12(17)19-2)13(18)11(15)7-9-3-5-10(14)6-4-9/h3-6,11H,7-8,15H2,1-2H3. The summed E-state index contributed by atoms with van der Waals surface area (Å²) in [5.41, 5.74) is 6.53. The van der Waals surface area contributed by atoms with Gasteiger partial charge in [0.15, 0.2) is 0 Å². The molecule has 0 heterocycles. The van der Waals surface area contributed by atoms with Gasteiger partial charge in [-0.3, -0.25) is 9.59 Å². The van der Waals surface area contributed by atoms with E-state index in [0.29, 0.717) is 0 Å². The SMILES string of the molecule is COC(=O)CN(C)C(=O)C(N)Cc1ccc(F)cc1. The van der Waals surface area contributed by atoms with Crippen LogP contribution in [0.5, 0.6) is 0 Å². The van der Waals surface area contributed by atoms with Gasteiger partial charge in [-0.1, -0.05) is 12.1 Å². The maximum atomic E-state index is 12.7. The fraction of sp³-hybridized carbons (Fsp3) is 0.385. The van der Waals surface area contributed by atoms with Gasteiger partial charge in [-0.25, -0.2) is 4.39 Å². The number of nitrogens with two attached hydrogens (primary N) is 1. The number of amides is 1. The zero-order valence-electron chi connectivity index (χ0n) is 10.9. The van der Waals surface area contributed by atoms with E-state index in [2.05, 4.69) is 4.74 Å². The van der Waals surface area contributed by atoms with Crippen LogP contribution in [0.25, 0.3) is 0 Å². The molecule has 1 aromatic rings. The Morgan fingerprint density at radius 2 is 1.95 bits per heavy atom. The Morgan fingerprint density at radius 1 is 1.37 bits per heavy atom. The first-order valence-corrected chi connectivity index (χ1v) is 5.76. The van der Waals surface area contributed by atoms with E-state index in [-0.39, 0.29) is 24.7 Å². The first-order chi connectivity index (χ1) is 8.93.